The van der Waals surface area contributed by atoms with Crippen LogP contribution in [0.2, 0.25) is 0 Å². The Bertz CT molecular complexity index is 3250. The molecule has 0 amide bonds. The molecule has 1 aromatic heterocycles. The van der Waals surface area contributed by atoms with Crippen molar-refractivity contribution in [2.24, 2.45) is 0 Å². The highest BCUT2D eigenvalue weighted by Crippen LogP contribution is 2.46. The van der Waals surface area contributed by atoms with E-state index in [-0.39, 0.29) is 0 Å². The van der Waals surface area contributed by atoms with Crippen LogP contribution in [0, 0.1) is 0 Å². The second-order valence-corrected chi connectivity index (χ2v) is 15.9. The highest BCUT2D eigenvalue weighted by atomic mass is 32.1. The van der Waals surface area contributed by atoms with Gasteiger partial charge in [-0.2, -0.15) is 0 Å². The molecule has 0 aliphatic rings. The fraction of sp³-hybridized carbons (Fsp3) is 0. The number of anilines is 3. The minimum atomic E-state index is 1.09. The number of hydrogen-bond acceptors (Lipinski definition) is 2. The van der Waals surface area contributed by atoms with Crippen LogP contribution in [-0.4, -0.2) is 0 Å². The quantitative estimate of drug-likeness (QED) is 0.146. The Hall–Kier alpha value is -7.26. The largest absolute Gasteiger partial charge is 0.310 e. The van der Waals surface area contributed by atoms with Gasteiger partial charge in [0.05, 0.1) is 5.69 Å². The van der Waals surface area contributed by atoms with Gasteiger partial charge in [0, 0.05) is 37.1 Å². The van der Waals surface area contributed by atoms with Gasteiger partial charge in [0.25, 0.3) is 0 Å². The summed E-state index contributed by atoms with van der Waals surface area (Å²) in [6.45, 7) is 0. The average Bonchev–Trinajstić information content (AvgIpc) is 3.69. The molecule has 11 aromatic rings. The number of fused-ring (bicyclic) bond motifs is 6. The van der Waals surface area contributed by atoms with Gasteiger partial charge in [-0.1, -0.05) is 182 Å². The first kappa shape index (κ1) is 34.0. The predicted octanol–water partition coefficient (Wildman–Crippen LogP) is 16.5. The summed E-state index contributed by atoms with van der Waals surface area (Å²) in [4.78, 5) is 2.44. The fourth-order valence-corrected chi connectivity index (χ4v) is 9.90. The fourth-order valence-electron chi connectivity index (χ4n) is 8.66. The lowest BCUT2D eigenvalue weighted by Gasteiger charge is -2.29. The van der Waals surface area contributed by atoms with E-state index in [1.165, 1.54) is 86.2 Å². The van der Waals surface area contributed by atoms with Crippen molar-refractivity contribution in [2.75, 3.05) is 4.90 Å². The molecule has 0 spiro atoms. The molecule has 1 heterocycles. The van der Waals surface area contributed by atoms with Crippen LogP contribution in [0.4, 0.5) is 17.1 Å². The van der Waals surface area contributed by atoms with E-state index >= 15 is 0 Å². The molecule has 0 bridgehead atoms. The molecule has 1 nitrogen and oxygen atoms in total. The SMILES string of the molecule is c1ccc(-c2ccc(N(c3ccc(-c4cccc5c4sc4ccccc45)cc3)c3cc(-c4cc5ccccc5c5ccccc45)ccc3-c3ccccc3)cc2)cc1. The van der Waals surface area contributed by atoms with Gasteiger partial charge in [0.1, 0.15) is 0 Å². The lowest BCUT2D eigenvalue weighted by atomic mass is 9.91. The van der Waals surface area contributed by atoms with Crippen molar-refractivity contribution < 1.29 is 0 Å². The third-order valence-corrected chi connectivity index (χ3v) is 12.7. The van der Waals surface area contributed by atoms with Gasteiger partial charge in [-0.3, -0.25) is 0 Å². The predicted molar refractivity (Wildman–Crippen MR) is 251 cm³/mol. The highest BCUT2D eigenvalue weighted by Gasteiger charge is 2.20. The zero-order valence-electron chi connectivity index (χ0n) is 31.7. The number of benzene rings is 10. The Labute approximate surface area is 342 Å². The monoisotopic (exact) mass is 755 g/mol. The number of rotatable bonds is 7. The molecule has 0 aliphatic heterocycles. The standard InChI is InChI=1S/C56H37NS/c1-3-14-38(15-4-1)39-26-31-44(32-27-39)57(45-33-28-41(29-34-45)48-23-13-24-52-51-22-11-12-25-55(51)58-56(48)52)54-37-43(30-35-47(54)40-16-5-2-6-17-40)53-36-42-18-7-8-19-46(42)49-20-9-10-21-50(49)53/h1-37H. The maximum atomic E-state index is 2.44. The van der Waals surface area contributed by atoms with Crippen LogP contribution in [0.25, 0.3) is 86.2 Å². The average molecular weight is 756 g/mol. The molecule has 0 fully saturated rings. The number of thiophene rings is 1. The molecule has 0 saturated heterocycles. The zero-order valence-corrected chi connectivity index (χ0v) is 32.5. The van der Waals surface area contributed by atoms with Gasteiger partial charge in [-0.25, -0.2) is 0 Å². The van der Waals surface area contributed by atoms with Gasteiger partial charge in [-0.05, 0) is 103 Å². The van der Waals surface area contributed by atoms with E-state index in [9.17, 15) is 0 Å². The molecule has 0 aliphatic carbocycles. The second-order valence-electron chi connectivity index (χ2n) is 14.9. The van der Waals surface area contributed by atoms with Crippen LogP contribution in [0.5, 0.6) is 0 Å². The Morgan fingerprint density at radius 3 is 1.57 bits per heavy atom. The van der Waals surface area contributed by atoms with Crippen LogP contribution in [0.1, 0.15) is 0 Å². The van der Waals surface area contributed by atoms with Gasteiger partial charge in [-0.15, -0.1) is 11.3 Å². The van der Waals surface area contributed by atoms with E-state index in [4.69, 9.17) is 0 Å². The van der Waals surface area contributed by atoms with Crippen LogP contribution in [-0.2, 0) is 0 Å². The van der Waals surface area contributed by atoms with Crippen molar-refractivity contribution in [2.45, 2.75) is 0 Å². The van der Waals surface area contributed by atoms with E-state index < -0.39 is 0 Å². The molecular weight excluding hydrogens is 719 g/mol. The van der Waals surface area contributed by atoms with Crippen molar-refractivity contribution in [1.29, 1.82) is 0 Å². The molecule has 0 N–H and O–H groups in total. The normalized spacial score (nSPS) is 11.4. The highest BCUT2D eigenvalue weighted by molar-refractivity contribution is 7.26. The van der Waals surface area contributed by atoms with Crippen molar-refractivity contribution in [1.82, 2.24) is 0 Å². The van der Waals surface area contributed by atoms with Crippen LogP contribution >= 0.6 is 11.3 Å². The summed E-state index contributed by atoms with van der Waals surface area (Å²) in [6.07, 6.45) is 0. The lowest BCUT2D eigenvalue weighted by Crippen LogP contribution is -2.11. The molecule has 272 valence electrons. The summed E-state index contributed by atoms with van der Waals surface area (Å²) in [7, 11) is 0. The molecule has 10 aromatic carbocycles. The third kappa shape index (κ3) is 5.94. The second kappa shape index (κ2) is 14.4. The molecular formula is C56H37NS. The van der Waals surface area contributed by atoms with E-state index in [1.807, 2.05) is 11.3 Å². The first-order valence-corrected chi connectivity index (χ1v) is 20.7. The lowest BCUT2D eigenvalue weighted by molar-refractivity contribution is 1.28. The van der Waals surface area contributed by atoms with Gasteiger partial charge < -0.3 is 4.90 Å². The molecule has 0 saturated carbocycles. The molecule has 11 rings (SSSR count). The van der Waals surface area contributed by atoms with Gasteiger partial charge >= 0.3 is 0 Å². The molecule has 0 unspecified atom stereocenters. The summed E-state index contributed by atoms with van der Waals surface area (Å²) >= 11 is 1.88. The minimum Gasteiger partial charge on any atom is -0.310 e. The van der Waals surface area contributed by atoms with Crippen molar-refractivity contribution in [3.63, 3.8) is 0 Å². The number of hydrogen-bond donors (Lipinski definition) is 0. The summed E-state index contributed by atoms with van der Waals surface area (Å²) < 4.78 is 2.64. The van der Waals surface area contributed by atoms with Crippen molar-refractivity contribution >= 4 is 70.1 Å². The summed E-state index contributed by atoms with van der Waals surface area (Å²) in [5.41, 5.74) is 12.9. The van der Waals surface area contributed by atoms with E-state index in [2.05, 4.69) is 229 Å². The molecule has 2 heteroatoms. The maximum absolute atomic E-state index is 2.44. The van der Waals surface area contributed by atoms with Crippen LogP contribution in [0.3, 0.4) is 0 Å². The Kier molecular flexibility index (Phi) is 8.42. The zero-order chi connectivity index (χ0) is 38.4. The van der Waals surface area contributed by atoms with E-state index in [0.717, 1.165) is 17.1 Å². The van der Waals surface area contributed by atoms with Gasteiger partial charge in [0.2, 0.25) is 0 Å². The van der Waals surface area contributed by atoms with Crippen molar-refractivity contribution in [3.8, 4) is 44.5 Å². The number of nitrogens with zero attached hydrogens (tertiary/aromatic N) is 1. The Balaban J connectivity index is 1.12. The first-order chi connectivity index (χ1) is 28.8. The van der Waals surface area contributed by atoms with Crippen molar-refractivity contribution in [3.05, 3.63) is 224 Å². The van der Waals surface area contributed by atoms with Gasteiger partial charge in [0.15, 0.2) is 0 Å². The van der Waals surface area contributed by atoms with E-state index in [0.29, 0.717) is 0 Å². The smallest absolute Gasteiger partial charge is 0.0546 e. The summed E-state index contributed by atoms with van der Waals surface area (Å²) in [5.74, 6) is 0. The maximum Gasteiger partial charge on any atom is 0.0546 e. The Morgan fingerprint density at radius 1 is 0.293 bits per heavy atom. The molecule has 0 atom stereocenters. The van der Waals surface area contributed by atoms with E-state index in [1.54, 1.807) is 0 Å². The topological polar surface area (TPSA) is 3.24 Å². The van der Waals surface area contributed by atoms with Crippen LogP contribution < -0.4 is 4.90 Å². The third-order valence-electron chi connectivity index (χ3n) is 11.5. The first-order valence-electron chi connectivity index (χ1n) is 19.8. The molecule has 0 radical (unpaired) electrons. The minimum absolute atomic E-state index is 1.09. The summed E-state index contributed by atoms with van der Waals surface area (Å²) in [5, 5.41) is 7.66. The van der Waals surface area contributed by atoms with Crippen LogP contribution in [0.15, 0.2) is 224 Å². The molecule has 58 heavy (non-hydrogen) atoms. The Morgan fingerprint density at radius 2 is 0.828 bits per heavy atom. The summed E-state index contributed by atoms with van der Waals surface area (Å²) in [6, 6.07) is 82.0.